The molecule has 0 spiro atoms. The van der Waals surface area contributed by atoms with Crippen LogP contribution in [0.25, 0.3) is 132 Å². The number of halogens is 2. The maximum atomic E-state index is 15.5. The van der Waals surface area contributed by atoms with Gasteiger partial charge in [0.2, 0.25) is 0 Å². The maximum Gasteiger partial charge on any atom is 0.123 e. The third-order valence-corrected chi connectivity index (χ3v) is 17.0. The topological polar surface area (TPSA) is 19.7 Å². The molecule has 0 aliphatic heterocycles. The zero-order valence-electron chi connectivity index (χ0n) is 42.7. The van der Waals surface area contributed by atoms with E-state index in [9.17, 15) is 0 Å². The molecule has 0 amide bonds. The lowest BCUT2D eigenvalue weighted by Crippen LogP contribution is -2.16. The minimum atomic E-state index is -0.292. The molecular weight excluding hydrogens is 959 g/mol. The van der Waals surface area contributed by atoms with Gasteiger partial charge in [0.25, 0.3) is 0 Å². The van der Waals surface area contributed by atoms with Gasteiger partial charge in [-0.05, 0) is 121 Å². The summed E-state index contributed by atoms with van der Waals surface area (Å²) < 4.78 is 40.9. The van der Waals surface area contributed by atoms with Gasteiger partial charge in [0.05, 0.1) is 55.5 Å². The summed E-state index contributed by atoms with van der Waals surface area (Å²) in [5, 5.41) is 9.28. The zero-order valence-corrected chi connectivity index (χ0v) is 42.7. The van der Waals surface area contributed by atoms with Crippen LogP contribution in [0.1, 0.15) is 43.6 Å². The molecular formula is C72H50F2N4. The van der Waals surface area contributed by atoms with Crippen LogP contribution >= 0.6 is 0 Å². The number of para-hydroxylation sites is 6. The van der Waals surface area contributed by atoms with Gasteiger partial charge in [0.15, 0.2) is 0 Å². The molecule has 0 radical (unpaired) electrons. The first-order chi connectivity index (χ1) is 38.6. The second-order valence-corrected chi connectivity index (χ2v) is 21.2. The van der Waals surface area contributed by atoms with Crippen LogP contribution in [0.3, 0.4) is 0 Å². The molecule has 1 aliphatic carbocycles. The Kier molecular flexibility index (Phi) is 10.0. The molecule has 1 fully saturated rings. The van der Waals surface area contributed by atoms with Crippen LogP contribution in [0.4, 0.5) is 8.78 Å². The predicted molar refractivity (Wildman–Crippen MR) is 320 cm³/mol. The second-order valence-electron chi connectivity index (χ2n) is 21.2. The van der Waals surface area contributed by atoms with Crippen LogP contribution in [-0.4, -0.2) is 18.3 Å². The smallest absolute Gasteiger partial charge is 0.123 e. The third-order valence-electron chi connectivity index (χ3n) is 17.0. The van der Waals surface area contributed by atoms with Crippen molar-refractivity contribution in [2.24, 2.45) is 0 Å². The molecule has 4 heterocycles. The molecule has 78 heavy (non-hydrogen) atoms. The quantitative estimate of drug-likeness (QED) is 0.152. The van der Waals surface area contributed by atoms with E-state index in [1.54, 1.807) is 24.3 Å². The van der Waals surface area contributed by atoms with Crippen molar-refractivity contribution in [2.75, 3.05) is 0 Å². The van der Waals surface area contributed by atoms with E-state index in [1.807, 2.05) is 24.3 Å². The predicted octanol–water partition coefficient (Wildman–Crippen LogP) is 19.7. The Morgan fingerprint density at radius 3 is 1.10 bits per heavy atom. The van der Waals surface area contributed by atoms with E-state index in [0.29, 0.717) is 0 Å². The van der Waals surface area contributed by atoms with E-state index in [1.165, 1.54) is 16.3 Å². The fraction of sp³-hybridized carbons (Fsp3) is 0.0833. The summed E-state index contributed by atoms with van der Waals surface area (Å²) >= 11 is 0. The van der Waals surface area contributed by atoms with E-state index in [4.69, 9.17) is 0 Å². The van der Waals surface area contributed by atoms with E-state index in [0.717, 1.165) is 154 Å². The minimum Gasteiger partial charge on any atom is -0.309 e. The summed E-state index contributed by atoms with van der Waals surface area (Å²) in [6.45, 7) is 0. The van der Waals surface area contributed by atoms with Gasteiger partial charge >= 0.3 is 0 Å². The third kappa shape index (κ3) is 6.56. The van der Waals surface area contributed by atoms with E-state index in [2.05, 4.69) is 206 Å². The van der Waals surface area contributed by atoms with Gasteiger partial charge in [-0.3, -0.25) is 0 Å². The summed E-state index contributed by atoms with van der Waals surface area (Å²) in [5.41, 5.74) is 18.3. The van der Waals surface area contributed by atoms with Crippen LogP contribution < -0.4 is 0 Å². The fourth-order valence-corrected chi connectivity index (χ4v) is 13.8. The Bertz CT molecular complexity index is 4580. The van der Waals surface area contributed by atoms with Gasteiger partial charge in [-0.2, -0.15) is 0 Å². The molecule has 4 nitrogen and oxygen atoms in total. The molecule has 0 N–H and O–H groups in total. The lowest BCUT2D eigenvalue weighted by Gasteiger charge is -2.32. The summed E-state index contributed by atoms with van der Waals surface area (Å²) in [6, 6.07) is 82.6. The number of nitrogens with zero attached hydrogens (tertiary/aromatic N) is 4. The summed E-state index contributed by atoms with van der Waals surface area (Å²) in [4.78, 5) is 0. The molecule has 372 valence electrons. The molecule has 1 saturated carbocycles. The Balaban J connectivity index is 1.17. The van der Waals surface area contributed by atoms with Crippen molar-refractivity contribution in [3.63, 3.8) is 0 Å². The summed E-state index contributed by atoms with van der Waals surface area (Å²) in [6.07, 6.45) is 5.29. The highest BCUT2D eigenvalue weighted by Gasteiger charge is 2.34. The molecule has 16 rings (SSSR count). The van der Waals surface area contributed by atoms with Crippen molar-refractivity contribution in [1.82, 2.24) is 18.3 Å². The number of hydrogen-bond donors (Lipinski definition) is 0. The first-order valence-electron chi connectivity index (χ1n) is 27.3. The molecule has 0 unspecified atom stereocenters. The normalized spacial score (nSPS) is 13.5. The standard InChI is InChI=1S/C72H50F2N4/c73-48-36-32-45(33-37-48)58-44-59(46-34-38-49(74)39-35-46)72(78-61-29-15-11-25-53(61)55-41-43-65-68(70(55)78)57-27-13-17-31-63(57)76(65)51-22-8-3-9-23-51)66(47-18-4-1-5-19-47)71(58)77-60-28-14-10-24-52(60)54-40-42-64-67(69(54)77)56-26-12-16-30-62(56)75(64)50-20-6-2-7-21-50/h2-3,6-17,20-44,47H,1,4-5,18-19H2. The lowest BCUT2D eigenvalue weighted by molar-refractivity contribution is 0.442. The lowest BCUT2D eigenvalue weighted by atomic mass is 9.78. The number of hydrogen-bond acceptors (Lipinski definition) is 0. The van der Waals surface area contributed by atoms with E-state index in [-0.39, 0.29) is 17.6 Å². The SMILES string of the molecule is Fc1ccc(-c2cc(-c3ccc(F)cc3)c(-n3c4ccccc4c4ccc5c(c6ccccc6n5-c5ccccc5)c43)c(C3CCCCC3)c2-n2c3ccccc3c3ccc4c(c5ccccc5n4-c4ccccc4)c32)cc1. The molecule has 6 heteroatoms. The summed E-state index contributed by atoms with van der Waals surface area (Å²) in [5.74, 6) is -0.482. The van der Waals surface area contributed by atoms with Gasteiger partial charge < -0.3 is 18.3 Å². The fourth-order valence-electron chi connectivity index (χ4n) is 13.8. The highest BCUT2D eigenvalue weighted by molar-refractivity contribution is 6.28. The second kappa shape index (κ2) is 17.5. The molecule has 1 aliphatic rings. The number of fused-ring (bicyclic) bond motifs is 14. The molecule has 0 saturated heterocycles. The van der Waals surface area contributed by atoms with Gasteiger partial charge in [0.1, 0.15) is 11.6 Å². The van der Waals surface area contributed by atoms with Crippen LogP contribution in [-0.2, 0) is 0 Å². The summed E-state index contributed by atoms with van der Waals surface area (Å²) in [7, 11) is 0. The van der Waals surface area contributed by atoms with Crippen LogP contribution in [0.2, 0.25) is 0 Å². The van der Waals surface area contributed by atoms with Crippen molar-refractivity contribution in [3.8, 4) is 45.0 Å². The zero-order chi connectivity index (χ0) is 51.6. The molecule has 11 aromatic carbocycles. The first kappa shape index (κ1) is 44.7. The average molecular weight is 1010 g/mol. The van der Waals surface area contributed by atoms with Crippen LogP contribution in [0.15, 0.2) is 237 Å². The largest absolute Gasteiger partial charge is 0.309 e. The Morgan fingerprint density at radius 2 is 0.679 bits per heavy atom. The van der Waals surface area contributed by atoms with Crippen LogP contribution in [0, 0.1) is 11.6 Å². The van der Waals surface area contributed by atoms with Crippen molar-refractivity contribution < 1.29 is 8.78 Å². The Labute approximate surface area is 448 Å². The van der Waals surface area contributed by atoms with E-state index >= 15 is 8.78 Å². The Morgan fingerprint density at radius 1 is 0.308 bits per heavy atom. The molecule has 0 atom stereocenters. The minimum absolute atomic E-state index is 0.102. The maximum absolute atomic E-state index is 15.5. The van der Waals surface area contributed by atoms with Gasteiger partial charge in [0, 0.05) is 71.2 Å². The van der Waals surface area contributed by atoms with Gasteiger partial charge in [-0.25, -0.2) is 8.78 Å². The average Bonchev–Trinajstić information content (AvgIpc) is 4.33. The highest BCUT2D eigenvalue weighted by atomic mass is 19.1. The van der Waals surface area contributed by atoms with Crippen molar-refractivity contribution in [3.05, 3.63) is 254 Å². The number of aromatic nitrogens is 4. The van der Waals surface area contributed by atoms with Crippen LogP contribution in [0.5, 0.6) is 0 Å². The van der Waals surface area contributed by atoms with E-state index < -0.39 is 0 Å². The van der Waals surface area contributed by atoms with Gasteiger partial charge in [-0.15, -0.1) is 0 Å². The number of benzene rings is 11. The highest BCUT2D eigenvalue weighted by Crippen LogP contribution is 2.53. The molecule has 4 aromatic heterocycles. The molecule has 15 aromatic rings. The van der Waals surface area contributed by atoms with Crippen molar-refractivity contribution >= 4 is 87.2 Å². The monoisotopic (exact) mass is 1010 g/mol. The Hall–Kier alpha value is -9.52. The molecule has 0 bridgehead atoms. The van der Waals surface area contributed by atoms with Gasteiger partial charge in [-0.1, -0.05) is 165 Å². The first-order valence-corrected chi connectivity index (χ1v) is 27.3. The van der Waals surface area contributed by atoms with Crippen molar-refractivity contribution in [2.45, 2.75) is 38.0 Å². The number of rotatable bonds is 7. The van der Waals surface area contributed by atoms with Crippen molar-refractivity contribution in [1.29, 1.82) is 0 Å².